The molecule has 2 aromatic rings. The second-order valence-electron chi connectivity index (χ2n) is 7.52. The fraction of sp³-hybridized carbons (Fsp3) is 0.333. The number of nitrogens with zero attached hydrogens (tertiary/aromatic N) is 2. The molecule has 0 aromatic heterocycles. The van der Waals surface area contributed by atoms with Crippen molar-refractivity contribution in [1.29, 1.82) is 5.26 Å². The fourth-order valence-electron chi connectivity index (χ4n) is 3.68. The van der Waals surface area contributed by atoms with Crippen molar-refractivity contribution in [1.82, 2.24) is 4.90 Å². The van der Waals surface area contributed by atoms with Gasteiger partial charge < -0.3 is 20.1 Å². The number of amides is 2. The van der Waals surface area contributed by atoms with E-state index in [9.17, 15) is 14.3 Å². The van der Waals surface area contributed by atoms with Crippen LogP contribution in [0.25, 0.3) is 0 Å². The summed E-state index contributed by atoms with van der Waals surface area (Å²) in [5.41, 5.74) is 0.664. The number of aliphatic hydroxyl groups is 1. The second-order valence-corrected chi connectivity index (χ2v) is 7.52. The summed E-state index contributed by atoms with van der Waals surface area (Å²) >= 11 is 0. The molecule has 0 radical (unpaired) electrons. The summed E-state index contributed by atoms with van der Waals surface area (Å²) in [5.74, 6) is -0.424. The number of hydrogen-bond acceptors (Lipinski definition) is 4. The number of para-hydroxylation sites is 1. The number of carbonyl (C=O) groups excluding carboxylic acids is 1. The number of rotatable bonds is 3. The molecule has 2 fully saturated rings. The Labute approximate surface area is 162 Å². The molecule has 6 nitrogen and oxygen atoms in total. The zero-order valence-electron chi connectivity index (χ0n) is 15.2. The molecule has 4 rings (SSSR count). The fourth-order valence-corrected chi connectivity index (χ4v) is 3.68. The van der Waals surface area contributed by atoms with Gasteiger partial charge in [-0.3, -0.25) is 0 Å². The lowest BCUT2D eigenvalue weighted by Crippen LogP contribution is -2.48. The van der Waals surface area contributed by atoms with Crippen LogP contribution in [-0.2, 0) is 0 Å². The molecule has 1 aliphatic carbocycles. The third-order valence-electron chi connectivity index (χ3n) is 5.28. The molecule has 1 heterocycles. The summed E-state index contributed by atoms with van der Waals surface area (Å²) in [7, 11) is 0. The van der Waals surface area contributed by atoms with E-state index in [1.54, 1.807) is 35.2 Å². The van der Waals surface area contributed by atoms with Crippen LogP contribution in [0, 0.1) is 22.6 Å². The smallest absolute Gasteiger partial charge is 0.321 e. The Balaban J connectivity index is 1.44. The third-order valence-corrected chi connectivity index (χ3v) is 5.28. The van der Waals surface area contributed by atoms with Crippen LogP contribution in [0.5, 0.6) is 11.5 Å². The van der Waals surface area contributed by atoms with Crippen molar-refractivity contribution in [3.8, 4) is 17.6 Å². The van der Waals surface area contributed by atoms with Gasteiger partial charge in [0.05, 0.1) is 11.7 Å². The summed E-state index contributed by atoms with van der Waals surface area (Å²) in [6.45, 7) is 0.896. The molecule has 0 bridgehead atoms. The highest BCUT2D eigenvalue weighted by Crippen LogP contribution is 2.52. The number of aliphatic hydroxyl groups excluding tert-OH is 1. The Bertz CT molecular complexity index is 952. The van der Waals surface area contributed by atoms with Crippen LogP contribution in [0.2, 0.25) is 0 Å². The normalized spacial score (nSPS) is 19.8. The van der Waals surface area contributed by atoms with E-state index in [4.69, 9.17) is 10.00 Å². The molecule has 1 atom stereocenters. The summed E-state index contributed by atoms with van der Waals surface area (Å²) in [6, 6.07) is 12.3. The monoisotopic (exact) mass is 381 g/mol. The number of benzene rings is 2. The summed E-state index contributed by atoms with van der Waals surface area (Å²) in [5, 5.41) is 21.8. The first-order valence-corrected chi connectivity index (χ1v) is 9.19. The molecule has 2 amide bonds. The van der Waals surface area contributed by atoms with Gasteiger partial charge in [-0.05, 0) is 48.9 Å². The molecule has 2 aromatic carbocycles. The van der Waals surface area contributed by atoms with Crippen molar-refractivity contribution in [2.75, 3.05) is 18.4 Å². The highest BCUT2D eigenvalue weighted by Gasteiger charge is 2.49. The number of likely N-dealkylation sites (tertiary alicyclic amines) is 1. The molecule has 2 aliphatic rings. The van der Waals surface area contributed by atoms with E-state index in [-0.39, 0.29) is 29.5 Å². The van der Waals surface area contributed by atoms with Crippen molar-refractivity contribution in [3.05, 3.63) is 53.8 Å². The molecule has 28 heavy (non-hydrogen) atoms. The Morgan fingerprint density at radius 1 is 1.29 bits per heavy atom. The average molecular weight is 381 g/mol. The first-order chi connectivity index (χ1) is 13.5. The van der Waals surface area contributed by atoms with Crippen LogP contribution in [-0.4, -0.2) is 35.2 Å². The predicted molar refractivity (Wildman–Crippen MR) is 101 cm³/mol. The van der Waals surface area contributed by atoms with Crippen LogP contribution < -0.4 is 10.1 Å². The van der Waals surface area contributed by atoms with E-state index < -0.39 is 11.9 Å². The SMILES string of the molecule is N#Cc1ccccc1Oc1ccc(NC(=O)N2CC(O)CC3(CC3)C2)cc1F. The summed E-state index contributed by atoms with van der Waals surface area (Å²) in [6.07, 6.45) is 2.27. The van der Waals surface area contributed by atoms with Gasteiger partial charge in [-0.15, -0.1) is 0 Å². The number of piperidine rings is 1. The maximum atomic E-state index is 14.4. The Hall–Kier alpha value is -3.11. The first kappa shape index (κ1) is 18.3. The van der Waals surface area contributed by atoms with Gasteiger partial charge in [0, 0.05) is 24.8 Å². The number of carbonyl (C=O) groups is 1. The molecule has 144 valence electrons. The standard InChI is InChI=1S/C21H20FN3O3/c22-17-9-15(5-6-19(17)28-18-4-2-1-3-14(18)11-23)24-20(27)25-12-16(26)10-21(13-25)7-8-21/h1-6,9,16,26H,7-8,10,12-13H2,(H,24,27). The average Bonchev–Trinajstić information content (AvgIpc) is 3.41. The largest absolute Gasteiger partial charge is 0.453 e. The number of nitriles is 1. The second kappa shape index (κ2) is 7.13. The Morgan fingerprint density at radius 2 is 2.07 bits per heavy atom. The number of ether oxygens (including phenoxy) is 1. The van der Waals surface area contributed by atoms with Gasteiger partial charge in [-0.1, -0.05) is 12.1 Å². The van der Waals surface area contributed by atoms with Gasteiger partial charge in [-0.2, -0.15) is 5.26 Å². The number of anilines is 1. The summed E-state index contributed by atoms with van der Waals surface area (Å²) in [4.78, 5) is 14.1. The maximum absolute atomic E-state index is 14.4. The molecule has 1 aliphatic heterocycles. The number of halogens is 1. The molecule has 2 N–H and O–H groups in total. The highest BCUT2D eigenvalue weighted by molar-refractivity contribution is 5.89. The number of hydrogen-bond donors (Lipinski definition) is 2. The highest BCUT2D eigenvalue weighted by atomic mass is 19.1. The minimum absolute atomic E-state index is 0.0361. The first-order valence-electron chi connectivity index (χ1n) is 9.19. The molecule has 7 heteroatoms. The molecule has 1 spiro atoms. The van der Waals surface area contributed by atoms with E-state index in [1.807, 2.05) is 6.07 Å². The topological polar surface area (TPSA) is 85.6 Å². The molecule has 1 saturated carbocycles. The van der Waals surface area contributed by atoms with Gasteiger partial charge in [0.2, 0.25) is 0 Å². The summed E-state index contributed by atoms with van der Waals surface area (Å²) < 4.78 is 19.9. The van der Waals surface area contributed by atoms with Crippen LogP contribution in [0.1, 0.15) is 24.8 Å². The zero-order valence-corrected chi connectivity index (χ0v) is 15.2. The zero-order chi connectivity index (χ0) is 19.7. The number of urea groups is 1. The van der Waals surface area contributed by atoms with E-state index in [0.29, 0.717) is 17.8 Å². The van der Waals surface area contributed by atoms with E-state index in [0.717, 1.165) is 19.3 Å². The molecular weight excluding hydrogens is 361 g/mol. The minimum Gasteiger partial charge on any atom is -0.453 e. The Kier molecular flexibility index (Phi) is 4.65. The van der Waals surface area contributed by atoms with E-state index in [2.05, 4.69) is 5.32 Å². The van der Waals surface area contributed by atoms with Gasteiger partial charge in [0.25, 0.3) is 0 Å². The van der Waals surface area contributed by atoms with Gasteiger partial charge in [0.1, 0.15) is 11.8 Å². The minimum atomic E-state index is -0.650. The number of nitrogens with one attached hydrogen (secondary N) is 1. The van der Waals surface area contributed by atoms with Crippen molar-refractivity contribution < 1.29 is 19.0 Å². The molecular formula is C21H20FN3O3. The van der Waals surface area contributed by atoms with Crippen molar-refractivity contribution >= 4 is 11.7 Å². The third kappa shape index (κ3) is 3.78. The lowest BCUT2D eigenvalue weighted by atomic mass is 9.93. The van der Waals surface area contributed by atoms with Gasteiger partial charge in [-0.25, -0.2) is 9.18 Å². The van der Waals surface area contributed by atoms with Crippen molar-refractivity contribution in [3.63, 3.8) is 0 Å². The predicted octanol–water partition coefficient (Wildman–Crippen LogP) is 3.87. The Morgan fingerprint density at radius 3 is 2.79 bits per heavy atom. The van der Waals surface area contributed by atoms with Crippen LogP contribution in [0.15, 0.2) is 42.5 Å². The van der Waals surface area contributed by atoms with Crippen LogP contribution in [0.4, 0.5) is 14.9 Å². The van der Waals surface area contributed by atoms with Gasteiger partial charge >= 0.3 is 6.03 Å². The van der Waals surface area contributed by atoms with E-state index in [1.165, 1.54) is 12.1 Å². The van der Waals surface area contributed by atoms with Crippen molar-refractivity contribution in [2.24, 2.45) is 5.41 Å². The van der Waals surface area contributed by atoms with Gasteiger partial charge in [0.15, 0.2) is 11.6 Å². The lowest BCUT2D eigenvalue weighted by molar-refractivity contribution is 0.0508. The maximum Gasteiger partial charge on any atom is 0.321 e. The molecule has 1 unspecified atom stereocenters. The number of β-amino-alcohol motifs (C(OH)–C–C–N with tert-alkyl or cyclic N) is 1. The quantitative estimate of drug-likeness (QED) is 0.845. The van der Waals surface area contributed by atoms with Crippen LogP contribution in [0.3, 0.4) is 0 Å². The molecule has 1 saturated heterocycles. The van der Waals surface area contributed by atoms with E-state index >= 15 is 0 Å². The van der Waals surface area contributed by atoms with Crippen molar-refractivity contribution in [2.45, 2.75) is 25.4 Å². The van der Waals surface area contributed by atoms with Crippen LogP contribution >= 0.6 is 0 Å². The lowest BCUT2D eigenvalue weighted by Gasteiger charge is -2.36.